The molecule has 0 atom stereocenters. The van der Waals surface area contributed by atoms with Gasteiger partial charge in [-0.1, -0.05) is 19.1 Å². The Morgan fingerprint density at radius 3 is 2.83 bits per heavy atom. The van der Waals surface area contributed by atoms with E-state index in [-0.39, 0.29) is 5.63 Å². The van der Waals surface area contributed by atoms with E-state index in [1.54, 1.807) is 13.0 Å². The molecule has 1 aromatic heterocycles. The highest BCUT2D eigenvalue weighted by molar-refractivity contribution is 5.50. The lowest BCUT2D eigenvalue weighted by Crippen LogP contribution is -1.97. The highest BCUT2D eigenvalue weighted by Gasteiger charge is 1.95. The molecule has 1 heterocycles. The SMILES string of the molecule is CC/C=C/c1ccc(=O)oc1C. The van der Waals surface area contributed by atoms with E-state index in [0.717, 1.165) is 12.0 Å². The third kappa shape index (κ3) is 2.09. The first-order chi connectivity index (χ1) is 5.74. The first kappa shape index (κ1) is 8.78. The Kier molecular flexibility index (Phi) is 2.86. The van der Waals surface area contributed by atoms with Crippen LogP contribution in [0.1, 0.15) is 24.7 Å². The standard InChI is InChI=1S/C10H12O2/c1-3-4-5-9-6-7-10(11)12-8(9)2/h4-7H,3H2,1-2H3/b5-4+. The van der Waals surface area contributed by atoms with E-state index in [1.807, 2.05) is 12.2 Å². The van der Waals surface area contributed by atoms with Gasteiger partial charge >= 0.3 is 5.63 Å². The molecule has 0 aliphatic carbocycles. The second kappa shape index (κ2) is 3.90. The molecule has 0 N–H and O–H groups in total. The van der Waals surface area contributed by atoms with Crippen LogP contribution in [-0.4, -0.2) is 0 Å². The normalized spacial score (nSPS) is 10.8. The Morgan fingerprint density at radius 2 is 2.25 bits per heavy atom. The van der Waals surface area contributed by atoms with Crippen LogP contribution in [0.25, 0.3) is 6.08 Å². The van der Waals surface area contributed by atoms with Gasteiger partial charge in [0.15, 0.2) is 0 Å². The molecule has 64 valence electrons. The molecule has 0 saturated carbocycles. The van der Waals surface area contributed by atoms with Crippen LogP contribution in [0.5, 0.6) is 0 Å². The van der Waals surface area contributed by atoms with Crippen LogP contribution in [0.3, 0.4) is 0 Å². The minimum absolute atomic E-state index is 0.291. The molecule has 12 heavy (non-hydrogen) atoms. The molecule has 0 bridgehead atoms. The van der Waals surface area contributed by atoms with Crippen molar-refractivity contribution >= 4 is 6.08 Å². The van der Waals surface area contributed by atoms with Gasteiger partial charge in [-0.3, -0.25) is 0 Å². The van der Waals surface area contributed by atoms with Crippen LogP contribution in [0.2, 0.25) is 0 Å². The van der Waals surface area contributed by atoms with E-state index in [0.29, 0.717) is 5.76 Å². The zero-order valence-corrected chi connectivity index (χ0v) is 7.33. The van der Waals surface area contributed by atoms with Crippen molar-refractivity contribution in [1.82, 2.24) is 0 Å². The van der Waals surface area contributed by atoms with Gasteiger partial charge in [-0.15, -0.1) is 0 Å². The molecule has 0 saturated heterocycles. The molecule has 2 nitrogen and oxygen atoms in total. The van der Waals surface area contributed by atoms with Gasteiger partial charge in [0.2, 0.25) is 0 Å². The second-order valence-corrected chi connectivity index (χ2v) is 2.58. The highest BCUT2D eigenvalue weighted by Crippen LogP contribution is 2.06. The van der Waals surface area contributed by atoms with E-state index >= 15 is 0 Å². The summed E-state index contributed by atoms with van der Waals surface area (Å²) in [4.78, 5) is 10.7. The molecule has 0 aliphatic heterocycles. The average Bonchev–Trinajstić information content (AvgIpc) is 2.03. The summed E-state index contributed by atoms with van der Waals surface area (Å²) in [6, 6.07) is 3.20. The van der Waals surface area contributed by atoms with Gasteiger partial charge in [0.05, 0.1) is 0 Å². The summed E-state index contributed by atoms with van der Waals surface area (Å²) in [5.41, 5.74) is 0.678. The van der Waals surface area contributed by atoms with Gasteiger partial charge in [-0.2, -0.15) is 0 Å². The smallest absolute Gasteiger partial charge is 0.335 e. The summed E-state index contributed by atoms with van der Waals surface area (Å²) < 4.78 is 4.90. The Labute approximate surface area is 71.5 Å². The van der Waals surface area contributed by atoms with E-state index in [2.05, 4.69) is 6.92 Å². The predicted octanol–water partition coefficient (Wildman–Crippen LogP) is 2.37. The molecule has 0 amide bonds. The summed E-state index contributed by atoms with van der Waals surface area (Å²) in [6.45, 7) is 3.85. The molecule has 1 aromatic rings. The third-order valence-corrected chi connectivity index (χ3v) is 1.59. The lowest BCUT2D eigenvalue weighted by molar-refractivity contribution is 0.479. The van der Waals surface area contributed by atoms with Crippen LogP contribution in [0.15, 0.2) is 27.4 Å². The maximum Gasteiger partial charge on any atom is 0.335 e. The number of rotatable bonds is 2. The molecule has 0 radical (unpaired) electrons. The minimum Gasteiger partial charge on any atom is -0.428 e. The predicted molar refractivity (Wildman–Crippen MR) is 49.0 cm³/mol. The van der Waals surface area contributed by atoms with Crippen LogP contribution in [-0.2, 0) is 0 Å². The van der Waals surface area contributed by atoms with Crippen LogP contribution >= 0.6 is 0 Å². The van der Waals surface area contributed by atoms with Crippen molar-refractivity contribution in [2.75, 3.05) is 0 Å². The molecule has 0 spiro atoms. The van der Waals surface area contributed by atoms with Crippen molar-refractivity contribution in [1.29, 1.82) is 0 Å². The van der Waals surface area contributed by atoms with E-state index < -0.39 is 0 Å². The van der Waals surface area contributed by atoms with Gasteiger partial charge in [0.25, 0.3) is 0 Å². The molecule has 0 unspecified atom stereocenters. The summed E-state index contributed by atoms with van der Waals surface area (Å²) >= 11 is 0. The maximum atomic E-state index is 10.7. The van der Waals surface area contributed by atoms with Crippen LogP contribution < -0.4 is 5.63 Å². The molecular formula is C10H12O2. The highest BCUT2D eigenvalue weighted by atomic mass is 16.4. The zero-order chi connectivity index (χ0) is 8.97. The third-order valence-electron chi connectivity index (χ3n) is 1.59. The summed E-state index contributed by atoms with van der Waals surface area (Å²) in [7, 11) is 0. The van der Waals surface area contributed by atoms with Crippen molar-refractivity contribution in [3.8, 4) is 0 Å². The van der Waals surface area contributed by atoms with Crippen molar-refractivity contribution in [3.05, 3.63) is 40.0 Å². The number of aryl methyl sites for hydroxylation is 1. The van der Waals surface area contributed by atoms with Crippen molar-refractivity contribution in [3.63, 3.8) is 0 Å². The molecule has 1 rings (SSSR count). The lowest BCUT2D eigenvalue weighted by atomic mass is 10.2. The number of hydrogen-bond acceptors (Lipinski definition) is 2. The van der Waals surface area contributed by atoms with Gasteiger partial charge in [-0.05, 0) is 19.4 Å². The minimum atomic E-state index is -0.291. The average molecular weight is 164 g/mol. The molecular weight excluding hydrogens is 152 g/mol. The number of allylic oxidation sites excluding steroid dienone is 1. The Hall–Kier alpha value is -1.31. The van der Waals surface area contributed by atoms with E-state index in [4.69, 9.17) is 4.42 Å². The van der Waals surface area contributed by atoms with Gasteiger partial charge in [0, 0.05) is 11.6 Å². The maximum absolute atomic E-state index is 10.7. The van der Waals surface area contributed by atoms with Crippen LogP contribution in [0.4, 0.5) is 0 Å². The molecule has 2 heteroatoms. The summed E-state index contributed by atoms with van der Waals surface area (Å²) in [5.74, 6) is 0.673. The van der Waals surface area contributed by atoms with Gasteiger partial charge < -0.3 is 4.42 Å². The Balaban J connectivity index is 3.01. The largest absolute Gasteiger partial charge is 0.428 e. The quantitative estimate of drug-likeness (QED) is 0.671. The second-order valence-electron chi connectivity index (χ2n) is 2.58. The Bertz CT molecular complexity index is 334. The Morgan fingerprint density at radius 1 is 1.50 bits per heavy atom. The number of hydrogen-bond donors (Lipinski definition) is 0. The topological polar surface area (TPSA) is 30.2 Å². The van der Waals surface area contributed by atoms with Crippen LogP contribution in [0, 0.1) is 6.92 Å². The fourth-order valence-electron chi connectivity index (χ4n) is 0.937. The fraction of sp³-hybridized carbons (Fsp3) is 0.300. The van der Waals surface area contributed by atoms with E-state index in [9.17, 15) is 4.79 Å². The molecule has 0 aliphatic rings. The molecule has 0 fully saturated rings. The van der Waals surface area contributed by atoms with Crippen molar-refractivity contribution < 1.29 is 4.42 Å². The summed E-state index contributed by atoms with van der Waals surface area (Å²) in [6.07, 6.45) is 4.97. The molecule has 0 aromatic carbocycles. The van der Waals surface area contributed by atoms with Crippen molar-refractivity contribution in [2.45, 2.75) is 20.3 Å². The van der Waals surface area contributed by atoms with Crippen molar-refractivity contribution in [2.24, 2.45) is 0 Å². The monoisotopic (exact) mass is 164 g/mol. The summed E-state index contributed by atoms with van der Waals surface area (Å²) in [5, 5.41) is 0. The lowest BCUT2D eigenvalue weighted by Gasteiger charge is -1.95. The van der Waals surface area contributed by atoms with Gasteiger partial charge in [-0.25, -0.2) is 4.79 Å². The first-order valence-electron chi connectivity index (χ1n) is 4.01. The van der Waals surface area contributed by atoms with Gasteiger partial charge in [0.1, 0.15) is 5.76 Å². The van der Waals surface area contributed by atoms with E-state index in [1.165, 1.54) is 6.07 Å². The fourth-order valence-corrected chi connectivity index (χ4v) is 0.937. The zero-order valence-electron chi connectivity index (χ0n) is 7.33. The first-order valence-corrected chi connectivity index (χ1v) is 4.01.